The highest BCUT2D eigenvalue weighted by molar-refractivity contribution is 7.80. The first kappa shape index (κ1) is 20.6. The second-order valence-electron chi connectivity index (χ2n) is 6.40. The topological polar surface area (TPSA) is 70.2 Å². The van der Waals surface area contributed by atoms with E-state index in [1.165, 1.54) is 5.56 Å². The van der Waals surface area contributed by atoms with Crippen LogP contribution in [0.4, 0.5) is 11.4 Å². The molecule has 2 amide bonds. The SMILES string of the molecule is CCCCC(=O)NC(=S)Nc1ccccc1C(=O)Nc1ccc(C)c(C)c1. The van der Waals surface area contributed by atoms with E-state index >= 15 is 0 Å². The standard InChI is InChI=1S/C21H25N3O2S/c1-4-5-10-19(25)24-21(27)23-18-9-7-6-8-17(18)20(26)22-16-12-11-14(2)15(3)13-16/h6-9,11-13H,4-5,10H2,1-3H3,(H,22,26)(H2,23,24,25,27). The molecule has 142 valence electrons. The van der Waals surface area contributed by atoms with Crippen molar-refractivity contribution in [2.45, 2.75) is 40.0 Å². The summed E-state index contributed by atoms with van der Waals surface area (Å²) in [6.07, 6.45) is 2.17. The van der Waals surface area contributed by atoms with Crippen LogP contribution in [-0.4, -0.2) is 16.9 Å². The van der Waals surface area contributed by atoms with Crippen LogP contribution >= 0.6 is 12.2 Å². The van der Waals surface area contributed by atoms with Crippen molar-refractivity contribution in [2.24, 2.45) is 0 Å². The van der Waals surface area contributed by atoms with E-state index in [0.717, 1.165) is 24.1 Å². The number of anilines is 2. The van der Waals surface area contributed by atoms with Crippen molar-refractivity contribution in [3.8, 4) is 0 Å². The maximum atomic E-state index is 12.7. The molecule has 0 spiro atoms. The predicted octanol–water partition coefficient (Wildman–Crippen LogP) is 4.56. The molecule has 0 aromatic heterocycles. The Morgan fingerprint density at radius 1 is 1.00 bits per heavy atom. The molecule has 2 aromatic rings. The Bertz CT molecular complexity index is 849. The van der Waals surface area contributed by atoms with Gasteiger partial charge < -0.3 is 16.0 Å². The molecule has 0 saturated carbocycles. The number of hydrogen-bond donors (Lipinski definition) is 3. The third-order valence-corrected chi connectivity index (χ3v) is 4.40. The first-order valence-corrected chi connectivity index (χ1v) is 9.40. The average molecular weight is 384 g/mol. The lowest BCUT2D eigenvalue weighted by Gasteiger charge is -2.14. The van der Waals surface area contributed by atoms with E-state index in [-0.39, 0.29) is 16.9 Å². The molecule has 0 aliphatic rings. The number of benzene rings is 2. The van der Waals surface area contributed by atoms with Gasteiger partial charge in [-0.15, -0.1) is 0 Å². The quantitative estimate of drug-likeness (QED) is 0.640. The zero-order chi connectivity index (χ0) is 19.8. The number of rotatable bonds is 6. The summed E-state index contributed by atoms with van der Waals surface area (Å²) < 4.78 is 0. The molecular formula is C21H25N3O2S. The summed E-state index contributed by atoms with van der Waals surface area (Å²) in [6.45, 7) is 6.05. The molecule has 6 heteroatoms. The zero-order valence-corrected chi connectivity index (χ0v) is 16.7. The normalized spacial score (nSPS) is 10.2. The molecule has 0 heterocycles. The maximum absolute atomic E-state index is 12.7. The van der Waals surface area contributed by atoms with Gasteiger partial charge in [-0.2, -0.15) is 0 Å². The van der Waals surface area contributed by atoms with Crippen LogP contribution in [0.25, 0.3) is 0 Å². The number of aryl methyl sites for hydroxylation is 2. The molecular weight excluding hydrogens is 358 g/mol. The third-order valence-electron chi connectivity index (χ3n) is 4.20. The smallest absolute Gasteiger partial charge is 0.257 e. The second-order valence-corrected chi connectivity index (χ2v) is 6.81. The number of thiocarbonyl (C=S) groups is 1. The van der Waals surface area contributed by atoms with Crippen LogP contribution in [0, 0.1) is 13.8 Å². The fourth-order valence-electron chi connectivity index (χ4n) is 2.49. The van der Waals surface area contributed by atoms with Gasteiger partial charge in [0.05, 0.1) is 11.3 Å². The van der Waals surface area contributed by atoms with Crippen molar-refractivity contribution < 1.29 is 9.59 Å². The average Bonchev–Trinajstić information content (AvgIpc) is 2.63. The van der Waals surface area contributed by atoms with Crippen molar-refractivity contribution in [3.63, 3.8) is 0 Å². The predicted molar refractivity (Wildman–Crippen MR) is 114 cm³/mol. The van der Waals surface area contributed by atoms with E-state index < -0.39 is 0 Å². The Hall–Kier alpha value is -2.73. The Labute approximate surface area is 165 Å². The van der Waals surface area contributed by atoms with Crippen molar-refractivity contribution in [2.75, 3.05) is 10.6 Å². The molecule has 0 bridgehead atoms. The first-order chi connectivity index (χ1) is 12.9. The summed E-state index contributed by atoms with van der Waals surface area (Å²) in [4.78, 5) is 24.5. The van der Waals surface area contributed by atoms with Crippen molar-refractivity contribution >= 4 is 40.5 Å². The number of carbonyl (C=O) groups excluding carboxylic acids is 2. The van der Waals surface area contributed by atoms with Gasteiger partial charge in [-0.25, -0.2) is 0 Å². The van der Waals surface area contributed by atoms with Gasteiger partial charge in [-0.1, -0.05) is 31.5 Å². The summed E-state index contributed by atoms with van der Waals surface area (Å²) in [5, 5.41) is 8.67. The van der Waals surface area contributed by atoms with E-state index in [1.54, 1.807) is 24.3 Å². The highest BCUT2D eigenvalue weighted by atomic mass is 32.1. The number of hydrogen-bond acceptors (Lipinski definition) is 3. The van der Waals surface area contributed by atoms with Crippen LogP contribution in [-0.2, 0) is 4.79 Å². The lowest BCUT2D eigenvalue weighted by molar-refractivity contribution is -0.119. The molecule has 27 heavy (non-hydrogen) atoms. The van der Waals surface area contributed by atoms with Gasteiger partial charge in [0.1, 0.15) is 0 Å². The largest absolute Gasteiger partial charge is 0.332 e. The van der Waals surface area contributed by atoms with Crippen LogP contribution < -0.4 is 16.0 Å². The Kier molecular flexibility index (Phi) is 7.49. The Morgan fingerprint density at radius 2 is 1.74 bits per heavy atom. The van der Waals surface area contributed by atoms with E-state index in [9.17, 15) is 9.59 Å². The van der Waals surface area contributed by atoms with Crippen LogP contribution in [0.5, 0.6) is 0 Å². The fraction of sp³-hybridized carbons (Fsp3) is 0.286. The van der Waals surface area contributed by atoms with Gasteiger partial charge >= 0.3 is 0 Å². The van der Waals surface area contributed by atoms with Gasteiger partial charge in [0.2, 0.25) is 5.91 Å². The Balaban J connectivity index is 2.07. The maximum Gasteiger partial charge on any atom is 0.257 e. The molecule has 0 atom stereocenters. The van der Waals surface area contributed by atoms with E-state index in [4.69, 9.17) is 12.2 Å². The molecule has 0 aliphatic carbocycles. The zero-order valence-electron chi connectivity index (χ0n) is 15.9. The van der Waals surface area contributed by atoms with Gasteiger partial charge in [0.15, 0.2) is 5.11 Å². The number of carbonyl (C=O) groups is 2. The number of nitrogens with one attached hydrogen (secondary N) is 3. The van der Waals surface area contributed by atoms with E-state index in [2.05, 4.69) is 16.0 Å². The van der Waals surface area contributed by atoms with Gasteiger partial charge in [-0.3, -0.25) is 9.59 Å². The van der Waals surface area contributed by atoms with Gasteiger partial charge in [0.25, 0.3) is 5.91 Å². The molecule has 0 unspecified atom stereocenters. The van der Waals surface area contributed by atoms with E-state index in [1.807, 2.05) is 39.0 Å². The second kappa shape index (κ2) is 9.83. The van der Waals surface area contributed by atoms with E-state index in [0.29, 0.717) is 17.7 Å². The minimum atomic E-state index is -0.249. The van der Waals surface area contributed by atoms with Crippen LogP contribution in [0.1, 0.15) is 47.7 Å². The minimum absolute atomic E-state index is 0.133. The number of amides is 2. The molecule has 5 nitrogen and oxygen atoms in total. The molecule has 0 aliphatic heterocycles. The number of unbranched alkanes of at least 4 members (excludes halogenated alkanes) is 1. The summed E-state index contributed by atoms with van der Waals surface area (Å²) in [7, 11) is 0. The number of para-hydroxylation sites is 1. The van der Waals surface area contributed by atoms with Gasteiger partial charge in [-0.05, 0) is 67.9 Å². The third kappa shape index (κ3) is 6.18. The monoisotopic (exact) mass is 383 g/mol. The summed E-state index contributed by atoms with van der Waals surface area (Å²) in [5.74, 6) is -0.382. The van der Waals surface area contributed by atoms with Crippen molar-refractivity contribution in [3.05, 3.63) is 59.2 Å². The molecule has 0 radical (unpaired) electrons. The highest BCUT2D eigenvalue weighted by Gasteiger charge is 2.13. The van der Waals surface area contributed by atoms with Crippen LogP contribution in [0.3, 0.4) is 0 Å². The Morgan fingerprint density at radius 3 is 2.44 bits per heavy atom. The van der Waals surface area contributed by atoms with Crippen LogP contribution in [0.2, 0.25) is 0 Å². The first-order valence-electron chi connectivity index (χ1n) is 8.99. The van der Waals surface area contributed by atoms with Crippen LogP contribution in [0.15, 0.2) is 42.5 Å². The summed E-state index contributed by atoms with van der Waals surface area (Å²) >= 11 is 5.20. The van der Waals surface area contributed by atoms with Gasteiger partial charge in [0, 0.05) is 12.1 Å². The van der Waals surface area contributed by atoms with Crippen molar-refractivity contribution in [1.29, 1.82) is 0 Å². The summed E-state index contributed by atoms with van der Waals surface area (Å²) in [6, 6.07) is 12.8. The highest BCUT2D eigenvalue weighted by Crippen LogP contribution is 2.19. The lowest BCUT2D eigenvalue weighted by Crippen LogP contribution is -2.34. The molecule has 0 fully saturated rings. The summed E-state index contributed by atoms with van der Waals surface area (Å²) in [5.41, 5.74) is 3.99. The lowest BCUT2D eigenvalue weighted by atomic mass is 10.1. The van der Waals surface area contributed by atoms with Crippen molar-refractivity contribution in [1.82, 2.24) is 5.32 Å². The molecule has 3 N–H and O–H groups in total. The minimum Gasteiger partial charge on any atom is -0.332 e. The molecule has 2 rings (SSSR count). The molecule has 0 saturated heterocycles. The fourth-order valence-corrected chi connectivity index (χ4v) is 2.71. The molecule has 2 aromatic carbocycles.